The van der Waals surface area contributed by atoms with Gasteiger partial charge in [0.25, 0.3) is 0 Å². The van der Waals surface area contributed by atoms with Crippen molar-refractivity contribution in [3.05, 3.63) is 53.9 Å². The van der Waals surface area contributed by atoms with Crippen LogP contribution < -0.4 is 0 Å². The van der Waals surface area contributed by atoms with Crippen molar-refractivity contribution in [2.24, 2.45) is 7.05 Å². The van der Waals surface area contributed by atoms with Gasteiger partial charge in [-0.1, -0.05) is 58.0 Å². The lowest BCUT2D eigenvalue weighted by molar-refractivity contribution is 0.553. The van der Waals surface area contributed by atoms with E-state index in [1.807, 2.05) is 24.0 Å². The van der Waals surface area contributed by atoms with E-state index in [1.54, 1.807) is 0 Å². The lowest BCUT2D eigenvalue weighted by Gasteiger charge is -2.13. The number of rotatable bonds is 1. The molecule has 0 atom stereocenters. The Morgan fingerprint density at radius 3 is 1.94 bits per heavy atom. The van der Waals surface area contributed by atoms with Crippen LogP contribution in [-0.4, -0.2) is 9.78 Å². The molecule has 1 heterocycles. The van der Waals surface area contributed by atoms with Crippen molar-refractivity contribution < 1.29 is 0 Å². The van der Waals surface area contributed by atoms with Gasteiger partial charge in [-0.2, -0.15) is 5.10 Å². The summed E-state index contributed by atoms with van der Waals surface area (Å²) in [6.07, 6.45) is 3.11. The SMILES string of the molecule is CCc1ccccc1.Cn1ccc(C(C)(C)C)n1. The van der Waals surface area contributed by atoms with Crippen molar-refractivity contribution in [3.8, 4) is 0 Å². The summed E-state index contributed by atoms with van der Waals surface area (Å²) >= 11 is 0. The van der Waals surface area contributed by atoms with Gasteiger partial charge in [-0.05, 0) is 18.1 Å². The molecule has 0 unspecified atom stereocenters. The second-order valence-electron chi connectivity index (χ2n) is 5.46. The highest BCUT2D eigenvalue weighted by Crippen LogP contribution is 2.18. The van der Waals surface area contributed by atoms with Gasteiger partial charge in [-0.3, -0.25) is 4.68 Å². The molecule has 0 saturated carbocycles. The molecule has 0 amide bonds. The summed E-state index contributed by atoms with van der Waals surface area (Å²) in [5.41, 5.74) is 2.74. The third-order valence-corrected chi connectivity index (χ3v) is 2.73. The Bertz CT molecular complexity index is 449. The summed E-state index contributed by atoms with van der Waals surface area (Å²) in [5, 5.41) is 4.30. The Labute approximate surface area is 111 Å². The molecule has 0 aliphatic heterocycles. The first-order chi connectivity index (χ1) is 8.43. The molecule has 2 nitrogen and oxygen atoms in total. The third kappa shape index (κ3) is 4.74. The standard InChI is InChI=1S/C8H14N2.C8H10/c1-8(2,3)7-5-6-10(4)9-7;1-2-8-6-4-3-5-7-8/h5-6H,1-4H3;3-7H,2H2,1H3. The van der Waals surface area contributed by atoms with Gasteiger partial charge in [0.2, 0.25) is 0 Å². The maximum Gasteiger partial charge on any atom is 0.0677 e. The van der Waals surface area contributed by atoms with Crippen LogP contribution in [0.3, 0.4) is 0 Å². The molecule has 0 fully saturated rings. The molecule has 0 radical (unpaired) electrons. The summed E-state index contributed by atoms with van der Waals surface area (Å²) in [5.74, 6) is 0. The molecule has 0 spiro atoms. The van der Waals surface area contributed by atoms with Gasteiger partial charge in [0.15, 0.2) is 0 Å². The number of nitrogens with zero attached hydrogens (tertiary/aromatic N) is 2. The molecule has 0 N–H and O–H groups in total. The van der Waals surface area contributed by atoms with Crippen molar-refractivity contribution in [3.63, 3.8) is 0 Å². The number of hydrogen-bond acceptors (Lipinski definition) is 1. The molecule has 2 aromatic rings. The quantitative estimate of drug-likeness (QED) is 0.742. The van der Waals surface area contributed by atoms with Gasteiger partial charge < -0.3 is 0 Å². The second-order valence-corrected chi connectivity index (χ2v) is 5.46. The normalized spacial score (nSPS) is 10.7. The zero-order valence-corrected chi connectivity index (χ0v) is 12.1. The van der Waals surface area contributed by atoms with Crippen molar-refractivity contribution in [2.45, 2.75) is 39.5 Å². The predicted molar refractivity (Wildman–Crippen MR) is 77.7 cm³/mol. The molecule has 1 aromatic heterocycles. The number of aromatic nitrogens is 2. The fourth-order valence-electron chi connectivity index (χ4n) is 1.53. The minimum atomic E-state index is 0.182. The van der Waals surface area contributed by atoms with Crippen molar-refractivity contribution in [1.29, 1.82) is 0 Å². The van der Waals surface area contributed by atoms with E-state index < -0.39 is 0 Å². The van der Waals surface area contributed by atoms with E-state index in [4.69, 9.17) is 0 Å². The number of hydrogen-bond donors (Lipinski definition) is 0. The second kappa shape index (κ2) is 6.39. The summed E-state index contributed by atoms with van der Waals surface area (Å²) in [6, 6.07) is 12.5. The Balaban J connectivity index is 0.000000184. The highest BCUT2D eigenvalue weighted by atomic mass is 15.2. The lowest BCUT2D eigenvalue weighted by Crippen LogP contribution is -2.12. The van der Waals surface area contributed by atoms with Gasteiger partial charge in [0, 0.05) is 18.7 Å². The first-order valence-corrected chi connectivity index (χ1v) is 6.47. The summed E-state index contributed by atoms with van der Waals surface area (Å²) < 4.78 is 1.83. The maximum absolute atomic E-state index is 4.30. The lowest BCUT2D eigenvalue weighted by atomic mass is 9.93. The fraction of sp³-hybridized carbons (Fsp3) is 0.438. The van der Waals surface area contributed by atoms with Gasteiger partial charge >= 0.3 is 0 Å². The van der Waals surface area contributed by atoms with Gasteiger partial charge in [0.05, 0.1) is 5.69 Å². The highest BCUT2D eigenvalue weighted by molar-refractivity contribution is 5.13. The first kappa shape index (κ1) is 14.5. The molecule has 0 bridgehead atoms. The van der Waals surface area contributed by atoms with E-state index in [1.165, 1.54) is 5.56 Å². The molecular weight excluding hydrogens is 220 g/mol. The van der Waals surface area contributed by atoms with E-state index >= 15 is 0 Å². The number of benzene rings is 1. The van der Waals surface area contributed by atoms with Crippen LogP contribution in [-0.2, 0) is 18.9 Å². The molecule has 0 aliphatic rings. The van der Waals surface area contributed by atoms with Crippen molar-refractivity contribution in [1.82, 2.24) is 9.78 Å². The Morgan fingerprint density at radius 1 is 1.06 bits per heavy atom. The van der Waals surface area contributed by atoms with Gasteiger partial charge in [-0.25, -0.2) is 0 Å². The van der Waals surface area contributed by atoms with Crippen molar-refractivity contribution >= 4 is 0 Å². The highest BCUT2D eigenvalue weighted by Gasteiger charge is 2.15. The van der Waals surface area contributed by atoms with Crippen LogP contribution in [0.25, 0.3) is 0 Å². The molecule has 18 heavy (non-hydrogen) atoms. The third-order valence-electron chi connectivity index (χ3n) is 2.73. The van der Waals surface area contributed by atoms with E-state index in [9.17, 15) is 0 Å². The predicted octanol–water partition coefficient (Wildman–Crippen LogP) is 3.97. The largest absolute Gasteiger partial charge is 0.276 e. The Kier molecular flexibility index (Phi) is 5.14. The summed E-state index contributed by atoms with van der Waals surface area (Å²) in [4.78, 5) is 0. The van der Waals surface area contributed by atoms with Crippen molar-refractivity contribution in [2.75, 3.05) is 0 Å². The van der Waals surface area contributed by atoms with Crippen LogP contribution in [0.4, 0.5) is 0 Å². The maximum atomic E-state index is 4.30. The van der Waals surface area contributed by atoms with E-state index in [0.29, 0.717) is 0 Å². The number of aryl methyl sites for hydroxylation is 2. The Hall–Kier alpha value is -1.57. The summed E-state index contributed by atoms with van der Waals surface area (Å²) in [7, 11) is 1.94. The van der Waals surface area contributed by atoms with E-state index in [2.05, 4.69) is 63.1 Å². The molecule has 2 rings (SSSR count). The average molecular weight is 244 g/mol. The molecular formula is C16H24N2. The molecule has 2 heteroatoms. The fourth-order valence-corrected chi connectivity index (χ4v) is 1.53. The average Bonchev–Trinajstić information content (AvgIpc) is 2.78. The minimum Gasteiger partial charge on any atom is -0.276 e. The van der Waals surface area contributed by atoms with Crippen LogP contribution in [0.1, 0.15) is 39.0 Å². The molecule has 0 saturated heterocycles. The summed E-state index contributed by atoms with van der Waals surface area (Å²) in [6.45, 7) is 8.65. The van der Waals surface area contributed by atoms with Crippen LogP contribution >= 0.6 is 0 Å². The molecule has 1 aromatic carbocycles. The topological polar surface area (TPSA) is 17.8 Å². The Morgan fingerprint density at radius 2 is 1.67 bits per heavy atom. The first-order valence-electron chi connectivity index (χ1n) is 6.47. The van der Waals surface area contributed by atoms with Gasteiger partial charge in [-0.15, -0.1) is 0 Å². The zero-order chi connectivity index (χ0) is 13.6. The van der Waals surface area contributed by atoms with Crippen LogP contribution in [0.2, 0.25) is 0 Å². The molecule has 0 aliphatic carbocycles. The zero-order valence-electron chi connectivity index (χ0n) is 12.1. The van der Waals surface area contributed by atoms with Gasteiger partial charge in [0.1, 0.15) is 0 Å². The molecule has 98 valence electrons. The van der Waals surface area contributed by atoms with Crippen LogP contribution in [0.15, 0.2) is 42.6 Å². The van der Waals surface area contributed by atoms with Crippen LogP contribution in [0, 0.1) is 0 Å². The monoisotopic (exact) mass is 244 g/mol. The van der Waals surface area contributed by atoms with Crippen LogP contribution in [0.5, 0.6) is 0 Å². The smallest absolute Gasteiger partial charge is 0.0677 e. The van der Waals surface area contributed by atoms with E-state index in [-0.39, 0.29) is 5.41 Å². The van der Waals surface area contributed by atoms with E-state index in [0.717, 1.165) is 12.1 Å². The minimum absolute atomic E-state index is 0.182.